The highest BCUT2D eigenvalue weighted by Crippen LogP contribution is 2.27. The molecule has 4 heteroatoms. The van der Waals surface area contributed by atoms with Crippen molar-refractivity contribution in [2.24, 2.45) is 0 Å². The van der Waals surface area contributed by atoms with Crippen LogP contribution in [0.3, 0.4) is 0 Å². The summed E-state index contributed by atoms with van der Waals surface area (Å²) >= 11 is 0. The Kier molecular flexibility index (Phi) is 3.72. The first-order chi connectivity index (χ1) is 13.4. The fraction of sp³-hybridized carbons (Fsp3) is 0. The van der Waals surface area contributed by atoms with E-state index in [1.165, 1.54) is 0 Å². The minimum Gasteiger partial charge on any atom is -0.416 e. The van der Waals surface area contributed by atoms with Crippen molar-refractivity contribution in [2.75, 3.05) is 0 Å². The Bertz CT molecular complexity index is 1210. The van der Waals surface area contributed by atoms with Crippen LogP contribution in [0.4, 0.5) is 0 Å². The Labute approximate surface area is 156 Å². The Balaban J connectivity index is 1.45. The lowest BCUT2D eigenvalue weighted by Gasteiger charge is -2.04. The maximum atomic E-state index is 5.82. The van der Waals surface area contributed by atoms with Crippen LogP contribution < -0.4 is 0 Å². The second kappa shape index (κ2) is 6.50. The van der Waals surface area contributed by atoms with E-state index in [0.29, 0.717) is 11.8 Å². The smallest absolute Gasteiger partial charge is 0.248 e. The van der Waals surface area contributed by atoms with Gasteiger partial charge in [-0.3, -0.25) is 0 Å². The van der Waals surface area contributed by atoms with Gasteiger partial charge in [0.15, 0.2) is 0 Å². The third kappa shape index (κ3) is 2.98. The molecule has 0 amide bonds. The van der Waals surface area contributed by atoms with Gasteiger partial charge in [0.25, 0.3) is 0 Å². The first-order valence-electron chi connectivity index (χ1n) is 8.72. The Morgan fingerprint density at radius 3 is 1.93 bits per heavy atom. The van der Waals surface area contributed by atoms with Crippen LogP contribution in [0.2, 0.25) is 0 Å². The molecule has 0 spiro atoms. The molecule has 0 unspecified atom stereocenters. The summed E-state index contributed by atoms with van der Waals surface area (Å²) in [7, 11) is 0. The molecule has 0 bridgehead atoms. The fourth-order valence-corrected chi connectivity index (χ4v) is 3.05. The van der Waals surface area contributed by atoms with E-state index in [1.807, 2.05) is 78.9 Å². The summed E-state index contributed by atoms with van der Waals surface area (Å²) in [6, 6.07) is 30.0. The number of pyridine rings is 1. The van der Waals surface area contributed by atoms with Crippen molar-refractivity contribution in [3.8, 4) is 34.2 Å². The number of hydrogen-bond acceptors (Lipinski definition) is 4. The molecular weight excluding hydrogens is 334 g/mol. The predicted molar refractivity (Wildman–Crippen MR) is 106 cm³/mol. The summed E-state index contributed by atoms with van der Waals surface area (Å²) in [6.07, 6.45) is 0. The van der Waals surface area contributed by atoms with Gasteiger partial charge in [0, 0.05) is 22.1 Å². The van der Waals surface area contributed by atoms with Crippen molar-refractivity contribution in [3.63, 3.8) is 0 Å². The highest BCUT2D eigenvalue weighted by atomic mass is 16.4. The quantitative estimate of drug-likeness (QED) is 0.424. The summed E-state index contributed by atoms with van der Waals surface area (Å²) < 4.78 is 5.82. The van der Waals surface area contributed by atoms with Crippen molar-refractivity contribution in [2.45, 2.75) is 0 Å². The van der Waals surface area contributed by atoms with Crippen LogP contribution in [0.25, 0.3) is 45.1 Å². The van der Waals surface area contributed by atoms with Crippen LogP contribution in [0.1, 0.15) is 0 Å². The van der Waals surface area contributed by atoms with Gasteiger partial charge in [-0.25, -0.2) is 4.98 Å². The number of fused-ring (bicyclic) bond motifs is 1. The van der Waals surface area contributed by atoms with E-state index in [2.05, 4.69) is 22.3 Å². The van der Waals surface area contributed by atoms with E-state index in [9.17, 15) is 0 Å². The average Bonchev–Trinajstić information content (AvgIpc) is 3.24. The zero-order chi connectivity index (χ0) is 18.1. The molecule has 0 aliphatic heterocycles. The van der Waals surface area contributed by atoms with Crippen LogP contribution in [0.5, 0.6) is 0 Å². The molecule has 3 aromatic carbocycles. The Morgan fingerprint density at radius 2 is 1.15 bits per heavy atom. The largest absolute Gasteiger partial charge is 0.416 e. The van der Waals surface area contributed by atoms with Gasteiger partial charge in [0.1, 0.15) is 0 Å². The average molecular weight is 349 g/mol. The lowest BCUT2D eigenvalue weighted by atomic mass is 10.1. The van der Waals surface area contributed by atoms with Crippen LogP contribution in [-0.4, -0.2) is 15.2 Å². The molecule has 0 saturated heterocycles. The third-order valence-electron chi connectivity index (χ3n) is 4.47. The summed E-state index contributed by atoms with van der Waals surface area (Å²) in [5, 5.41) is 9.46. The van der Waals surface area contributed by atoms with Crippen molar-refractivity contribution < 1.29 is 4.42 Å². The maximum Gasteiger partial charge on any atom is 0.248 e. The number of benzene rings is 3. The van der Waals surface area contributed by atoms with E-state index in [1.54, 1.807) is 0 Å². The van der Waals surface area contributed by atoms with E-state index in [4.69, 9.17) is 9.40 Å². The van der Waals surface area contributed by atoms with Gasteiger partial charge < -0.3 is 4.42 Å². The number of aromatic nitrogens is 3. The second-order valence-corrected chi connectivity index (χ2v) is 6.24. The molecule has 128 valence electrons. The molecule has 0 aliphatic carbocycles. The summed E-state index contributed by atoms with van der Waals surface area (Å²) in [4.78, 5) is 4.74. The van der Waals surface area contributed by atoms with Gasteiger partial charge in [-0.15, -0.1) is 10.2 Å². The van der Waals surface area contributed by atoms with Crippen LogP contribution in [-0.2, 0) is 0 Å². The van der Waals surface area contributed by atoms with Crippen molar-refractivity contribution >= 4 is 10.9 Å². The van der Waals surface area contributed by atoms with Crippen molar-refractivity contribution in [1.29, 1.82) is 0 Å². The number of nitrogens with zero attached hydrogens (tertiary/aromatic N) is 3. The molecule has 0 aliphatic rings. The Hall–Kier alpha value is -3.79. The molecule has 5 rings (SSSR count). The van der Waals surface area contributed by atoms with E-state index in [-0.39, 0.29) is 0 Å². The van der Waals surface area contributed by atoms with Crippen molar-refractivity contribution in [3.05, 3.63) is 91.0 Å². The molecule has 0 atom stereocenters. The molecule has 0 N–H and O–H groups in total. The standard InChI is InChI=1S/C23H15N3O/c1-2-7-18(8-3-1)22-25-26-23(27-22)19-12-10-17(11-13-19)21-15-14-16-6-4-5-9-20(16)24-21/h1-15H. The summed E-state index contributed by atoms with van der Waals surface area (Å²) in [5.74, 6) is 1.03. The Morgan fingerprint density at radius 1 is 0.519 bits per heavy atom. The lowest BCUT2D eigenvalue weighted by molar-refractivity contribution is 0.584. The molecule has 4 nitrogen and oxygen atoms in total. The highest BCUT2D eigenvalue weighted by Gasteiger charge is 2.10. The van der Waals surface area contributed by atoms with Gasteiger partial charge >= 0.3 is 0 Å². The molecule has 0 radical (unpaired) electrons. The zero-order valence-corrected chi connectivity index (χ0v) is 14.4. The van der Waals surface area contributed by atoms with Crippen LogP contribution >= 0.6 is 0 Å². The van der Waals surface area contributed by atoms with Crippen molar-refractivity contribution in [1.82, 2.24) is 15.2 Å². The van der Waals surface area contributed by atoms with Gasteiger partial charge in [-0.2, -0.15) is 0 Å². The van der Waals surface area contributed by atoms with Gasteiger partial charge in [0.2, 0.25) is 11.8 Å². The topological polar surface area (TPSA) is 51.8 Å². The number of para-hydroxylation sites is 1. The molecule has 2 heterocycles. The first-order valence-corrected chi connectivity index (χ1v) is 8.72. The maximum absolute atomic E-state index is 5.82. The SMILES string of the molecule is c1ccc(-c2nnc(-c3ccc(-c4ccc5ccccc5n4)cc3)o2)cc1. The molecule has 27 heavy (non-hydrogen) atoms. The van der Waals surface area contributed by atoms with Gasteiger partial charge in [-0.05, 0) is 36.4 Å². The number of rotatable bonds is 3. The lowest BCUT2D eigenvalue weighted by Crippen LogP contribution is -1.85. The molecule has 0 fully saturated rings. The van der Waals surface area contributed by atoms with E-state index < -0.39 is 0 Å². The minimum atomic E-state index is 0.506. The fourth-order valence-electron chi connectivity index (χ4n) is 3.05. The molecule has 0 saturated carbocycles. The number of hydrogen-bond donors (Lipinski definition) is 0. The molecule has 2 aromatic heterocycles. The second-order valence-electron chi connectivity index (χ2n) is 6.24. The molecular formula is C23H15N3O. The monoisotopic (exact) mass is 349 g/mol. The first kappa shape index (κ1) is 15.5. The van der Waals surface area contributed by atoms with E-state index in [0.717, 1.165) is 33.3 Å². The summed E-state index contributed by atoms with van der Waals surface area (Å²) in [5.41, 5.74) is 4.77. The molecule has 5 aromatic rings. The summed E-state index contributed by atoms with van der Waals surface area (Å²) in [6.45, 7) is 0. The minimum absolute atomic E-state index is 0.506. The predicted octanol–water partition coefficient (Wildman–Crippen LogP) is 5.62. The zero-order valence-electron chi connectivity index (χ0n) is 14.4. The van der Waals surface area contributed by atoms with E-state index >= 15 is 0 Å². The van der Waals surface area contributed by atoms with Gasteiger partial charge in [-0.1, -0.05) is 54.6 Å². The van der Waals surface area contributed by atoms with Crippen LogP contribution in [0, 0.1) is 0 Å². The van der Waals surface area contributed by atoms with Gasteiger partial charge in [0.05, 0.1) is 11.2 Å². The highest BCUT2D eigenvalue weighted by molar-refractivity contribution is 5.81. The normalized spacial score (nSPS) is 11.0. The van der Waals surface area contributed by atoms with Crippen LogP contribution in [0.15, 0.2) is 95.4 Å². The third-order valence-corrected chi connectivity index (χ3v) is 4.47.